The molecule has 1 saturated carbocycles. The van der Waals surface area contributed by atoms with Crippen molar-refractivity contribution in [1.82, 2.24) is 5.32 Å². The van der Waals surface area contributed by atoms with E-state index in [0.717, 1.165) is 6.42 Å². The van der Waals surface area contributed by atoms with Gasteiger partial charge in [-0.1, -0.05) is 20.8 Å². The number of alkyl carbamates (subject to hydrolysis) is 1. The molecular weight excluding hydrogens is 274 g/mol. The van der Waals surface area contributed by atoms with Crippen molar-refractivity contribution in [3.05, 3.63) is 0 Å². The number of rotatable bonds is 3. The molecule has 124 valence electrons. The van der Waals surface area contributed by atoms with E-state index >= 15 is 0 Å². The Hall–Kier alpha value is -0.850. The molecule has 0 aromatic rings. The quantitative estimate of drug-likeness (QED) is 0.551. The lowest BCUT2D eigenvalue weighted by molar-refractivity contribution is -0.322. The third-order valence-electron chi connectivity index (χ3n) is 3.76. The summed E-state index contributed by atoms with van der Waals surface area (Å²) in [5, 5.41) is 22.5. The third kappa shape index (κ3) is 4.31. The van der Waals surface area contributed by atoms with Crippen LogP contribution in [0.2, 0.25) is 0 Å². The van der Waals surface area contributed by atoms with Crippen LogP contribution < -0.4 is 5.32 Å². The number of nitrogens with one attached hydrogen (secondary N) is 1. The number of amides is 1. The summed E-state index contributed by atoms with van der Waals surface area (Å²) in [5.41, 5.74) is -2.14. The standard InChI is InChI=1S/C15H29NO5/c1-13(2,3)11(21-19)15(9-7-8-10(15)17)16-12(18)20-14(4,5)6/h10-11,17,19H,7-9H2,1-6H3,(H,16,18)/t10-,11?,15+/m1/s1. The van der Waals surface area contributed by atoms with Gasteiger partial charge in [-0.15, -0.1) is 0 Å². The van der Waals surface area contributed by atoms with Gasteiger partial charge < -0.3 is 15.2 Å². The van der Waals surface area contributed by atoms with Gasteiger partial charge in [-0.2, -0.15) is 0 Å². The maximum Gasteiger partial charge on any atom is 0.408 e. The van der Waals surface area contributed by atoms with E-state index in [0.29, 0.717) is 12.8 Å². The fourth-order valence-corrected chi connectivity index (χ4v) is 3.05. The summed E-state index contributed by atoms with van der Waals surface area (Å²) in [6.07, 6.45) is -0.333. The Morgan fingerprint density at radius 2 is 1.86 bits per heavy atom. The summed E-state index contributed by atoms with van der Waals surface area (Å²) >= 11 is 0. The topological polar surface area (TPSA) is 88.0 Å². The molecule has 0 bridgehead atoms. The lowest BCUT2D eigenvalue weighted by atomic mass is 9.74. The average molecular weight is 303 g/mol. The van der Waals surface area contributed by atoms with Crippen LogP contribution in [0.3, 0.4) is 0 Å². The number of aliphatic hydroxyl groups excluding tert-OH is 1. The molecule has 0 heterocycles. The van der Waals surface area contributed by atoms with Gasteiger partial charge in [0.15, 0.2) is 0 Å². The van der Waals surface area contributed by atoms with Crippen LogP contribution in [0.1, 0.15) is 60.8 Å². The second-order valence-corrected chi connectivity index (χ2v) is 7.93. The van der Waals surface area contributed by atoms with Crippen molar-refractivity contribution in [2.75, 3.05) is 0 Å². The Labute approximate surface area is 126 Å². The molecule has 0 aliphatic heterocycles. The molecule has 0 saturated heterocycles. The molecule has 21 heavy (non-hydrogen) atoms. The van der Waals surface area contributed by atoms with Gasteiger partial charge in [0.25, 0.3) is 0 Å². The highest BCUT2D eigenvalue weighted by molar-refractivity contribution is 5.69. The van der Waals surface area contributed by atoms with Crippen LogP contribution in [-0.4, -0.2) is 39.8 Å². The summed E-state index contributed by atoms with van der Waals surface area (Å²) in [7, 11) is 0. The minimum Gasteiger partial charge on any atom is -0.444 e. The smallest absolute Gasteiger partial charge is 0.408 e. The molecule has 1 aliphatic rings. The number of carbonyl (C=O) groups is 1. The highest BCUT2D eigenvalue weighted by Gasteiger charge is 2.55. The van der Waals surface area contributed by atoms with Crippen LogP contribution in [-0.2, 0) is 9.62 Å². The molecule has 0 aromatic carbocycles. The number of hydrogen-bond acceptors (Lipinski definition) is 5. The van der Waals surface area contributed by atoms with Gasteiger partial charge >= 0.3 is 6.09 Å². The van der Waals surface area contributed by atoms with E-state index in [4.69, 9.17) is 4.74 Å². The van der Waals surface area contributed by atoms with Crippen molar-refractivity contribution in [3.8, 4) is 0 Å². The van der Waals surface area contributed by atoms with Crippen LogP contribution in [0.15, 0.2) is 0 Å². The first kappa shape index (κ1) is 18.2. The van der Waals surface area contributed by atoms with Gasteiger partial charge in [0.05, 0.1) is 11.6 Å². The van der Waals surface area contributed by atoms with E-state index in [2.05, 4.69) is 10.2 Å². The van der Waals surface area contributed by atoms with Crippen molar-refractivity contribution in [1.29, 1.82) is 0 Å². The zero-order chi connectivity index (χ0) is 16.5. The molecule has 1 amide bonds. The molecule has 6 heteroatoms. The lowest BCUT2D eigenvalue weighted by Crippen LogP contribution is -2.65. The second-order valence-electron chi connectivity index (χ2n) is 7.93. The molecule has 1 rings (SSSR count). The van der Waals surface area contributed by atoms with Gasteiger partial charge in [-0.3, -0.25) is 5.26 Å². The largest absolute Gasteiger partial charge is 0.444 e. The van der Waals surface area contributed by atoms with Crippen LogP contribution in [0.5, 0.6) is 0 Å². The van der Waals surface area contributed by atoms with Crippen LogP contribution >= 0.6 is 0 Å². The summed E-state index contributed by atoms with van der Waals surface area (Å²) in [4.78, 5) is 16.8. The van der Waals surface area contributed by atoms with Crippen LogP contribution in [0.25, 0.3) is 0 Å². The van der Waals surface area contributed by atoms with Gasteiger partial charge in [-0.25, -0.2) is 9.68 Å². The highest BCUT2D eigenvalue weighted by atomic mass is 17.1. The SMILES string of the molecule is CC(C)(C)OC(=O)N[C@@]1(C(OO)C(C)(C)C)CCC[C@H]1O. The van der Waals surface area contributed by atoms with E-state index < -0.39 is 34.9 Å². The molecule has 6 nitrogen and oxygen atoms in total. The van der Waals surface area contributed by atoms with Crippen molar-refractivity contribution in [3.63, 3.8) is 0 Å². The number of aliphatic hydroxyl groups is 1. The minimum atomic E-state index is -1.05. The molecule has 0 radical (unpaired) electrons. The van der Waals surface area contributed by atoms with E-state index in [1.54, 1.807) is 20.8 Å². The fourth-order valence-electron chi connectivity index (χ4n) is 3.05. The Balaban J connectivity index is 3.03. The summed E-state index contributed by atoms with van der Waals surface area (Å²) in [6, 6.07) is 0. The molecule has 3 N–H and O–H groups in total. The van der Waals surface area contributed by atoms with Crippen LogP contribution in [0.4, 0.5) is 4.79 Å². The van der Waals surface area contributed by atoms with E-state index in [-0.39, 0.29) is 0 Å². The summed E-state index contributed by atoms with van der Waals surface area (Å²) in [5.74, 6) is 0. The monoisotopic (exact) mass is 303 g/mol. The predicted octanol–water partition coefficient (Wildman–Crippen LogP) is 2.70. The van der Waals surface area contributed by atoms with Crippen LogP contribution in [0, 0.1) is 5.41 Å². The average Bonchev–Trinajstić information content (AvgIpc) is 2.56. The molecule has 3 atom stereocenters. The predicted molar refractivity (Wildman–Crippen MR) is 78.9 cm³/mol. The Morgan fingerprint density at radius 1 is 1.29 bits per heavy atom. The molecule has 0 aromatic heterocycles. The summed E-state index contributed by atoms with van der Waals surface area (Å²) in [6.45, 7) is 11.0. The highest BCUT2D eigenvalue weighted by Crippen LogP contribution is 2.41. The maximum absolute atomic E-state index is 12.1. The van der Waals surface area contributed by atoms with E-state index in [1.165, 1.54) is 0 Å². The molecule has 1 aliphatic carbocycles. The first-order chi connectivity index (χ1) is 9.42. The number of ether oxygens (including phenoxy) is 1. The maximum atomic E-state index is 12.1. The number of hydrogen-bond donors (Lipinski definition) is 3. The first-order valence-corrected chi connectivity index (χ1v) is 7.42. The summed E-state index contributed by atoms with van der Waals surface area (Å²) < 4.78 is 5.28. The van der Waals surface area contributed by atoms with Crippen molar-refractivity contribution in [2.45, 2.75) is 84.2 Å². The normalized spacial score (nSPS) is 28.3. The van der Waals surface area contributed by atoms with E-state index in [1.807, 2.05) is 20.8 Å². The number of carbonyl (C=O) groups excluding carboxylic acids is 1. The van der Waals surface area contributed by atoms with E-state index in [9.17, 15) is 15.2 Å². The molecule has 0 spiro atoms. The van der Waals surface area contributed by atoms with Gasteiger partial charge in [-0.05, 0) is 45.4 Å². The van der Waals surface area contributed by atoms with Crippen molar-refractivity contribution < 1.29 is 24.8 Å². The van der Waals surface area contributed by atoms with Crippen molar-refractivity contribution >= 4 is 6.09 Å². The lowest BCUT2D eigenvalue weighted by Gasteiger charge is -2.44. The minimum absolute atomic E-state index is 0.463. The third-order valence-corrected chi connectivity index (χ3v) is 3.76. The Morgan fingerprint density at radius 3 is 2.19 bits per heavy atom. The zero-order valence-corrected chi connectivity index (χ0v) is 13.9. The first-order valence-electron chi connectivity index (χ1n) is 7.42. The molecule has 1 fully saturated rings. The van der Waals surface area contributed by atoms with Crippen molar-refractivity contribution in [2.24, 2.45) is 5.41 Å². The Kier molecular flexibility index (Phi) is 5.29. The van der Waals surface area contributed by atoms with Gasteiger partial charge in [0, 0.05) is 0 Å². The van der Waals surface area contributed by atoms with Gasteiger partial charge in [0.1, 0.15) is 11.7 Å². The Bertz CT molecular complexity index is 371. The zero-order valence-electron chi connectivity index (χ0n) is 13.9. The second kappa shape index (κ2) is 6.10. The fraction of sp³-hybridized carbons (Fsp3) is 0.933. The molecule has 1 unspecified atom stereocenters. The molecular formula is C15H29NO5. The van der Waals surface area contributed by atoms with Gasteiger partial charge in [0.2, 0.25) is 0 Å².